The Morgan fingerprint density at radius 1 is 1.06 bits per heavy atom. The lowest BCUT2D eigenvalue weighted by molar-refractivity contribution is -0.116. The largest absolute Gasteiger partial charge is 0.497 e. The molecular formula is C25H32N4O2. The summed E-state index contributed by atoms with van der Waals surface area (Å²) in [6.45, 7) is 4.27. The third kappa shape index (κ3) is 3.84. The summed E-state index contributed by atoms with van der Waals surface area (Å²) in [5, 5.41) is 1.30. The number of pyridine rings is 1. The average molecular weight is 421 g/mol. The first-order valence-corrected chi connectivity index (χ1v) is 11.2. The van der Waals surface area contributed by atoms with Gasteiger partial charge >= 0.3 is 0 Å². The van der Waals surface area contributed by atoms with Crippen molar-refractivity contribution in [3.8, 4) is 5.75 Å². The van der Waals surface area contributed by atoms with E-state index >= 15 is 0 Å². The van der Waals surface area contributed by atoms with Crippen LogP contribution in [0.15, 0.2) is 48.9 Å². The minimum absolute atomic E-state index is 0.283. The van der Waals surface area contributed by atoms with Crippen molar-refractivity contribution in [3.05, 3.63) is 60.0 Å². The highest BCUT2D eigenvalue weighted by atomic mass is 16.5. The molecule has 0 aliphatic carbocycles. The van der Waals surface area contributed by atoms with Crippen LogP contribution in [0.2, 0.25) is 0 Å². The Balaban J connectivity index is 1.25. The number of benzene rings is 1. The molecule has 1 aromatic carbocycles. The molecule has 3 aromatic rings. The molecule has 0 N–H and O–H groups in total. The highest BCUT2D eigenvalue weighted by Crippen LogP contribution is 2.39. The van der Waals surface area contributed by atoms with Gasteiger partial charge in [-0.3, -0.25) is 14.8 Å². The van der Waals surface area contributed by atoms with Crippen LogP contribution in [0.3, 0.4) is 0 Å². The molecule has 164 valence electrons. The molecular weight excluding hydrogens is 388 g/mol. The van der Waals surface area contributed by atoms with E-state index in [9.17, 15) is 0 Å². The number of fused-ring (bicyclic) bond motifs is 1. The average Bonchev–Trinajstić information content (AvgIpc) is 3.09. The van der Waals surface area contributed by atoms with Gasteiger partial charge in [-0.25, -0.2) is 0 Å². The second-order valence-electron chi connectivity index (χ2n) is 8.85. The molecule has 4 heterocycles. The quantitative estimate of drug-likeness (QED) is 0.609. The molecule has 5 rings (SSSR count). The van der Waals surface area contributed by atoms with Crippen molar-refractivity contribution in [3.63, 3.8) is 0 Å². The standard InChI is InChI=1S/C25H32N4O2/c1-27-15-19(22-14-21(30-2)4-5-23(22)27)16-28-12-8-20(9-13-28)29-17-24(31-3)25(29)18-6-10-26-11-7-18/h4-7,10-11,14-15,20,24-25H,8-9,12-13,16-17H2,1-3H3/t24-,25-/m0/s1. The molecule has 2 aliphatic rings. The molecule has 2 fully saturated rings. The van der Waals surface area contributed by atoms with Crippen molar-refractivity contribution in [2.75, 3.05) is 33.9 Å². The Kier molecular flexibility index (Phi) is 5.69. The lowest BCUT2D eigenvalue weighted by Crippen LogP contribution is -2.60. The maximum absolute atomic E-state index is 5.75. The van der Waals surface area contributed by atoms with Gasteiger partial charge in [-0.05, 0) is 67.4 Å². The van der Waals surface area contributed by atoms with Crippen LogP contribution in [-0.4, -0.2) is 65.4 Å². The summed E-state index contributed by atoms with van der Waals surface area (Å²) in [6.07, 6.45) is 8.73. The van der Waals surface area contributed by atoms with Gasteiger partial charge in [0.25, 0.3) is 0 Å². The van der Waals surface area contributed by atoms with Gasteiger partial charge in [-0.1, -0.05) is 0 Å². The number of hydrogen-bond donors (Lipinski definition) is 0. The first kappa shape index (κ1) is 20.5. The second-order valence-corrected chi connectivity index (χ2v) is 8.85. The normalized spacial score (nSPS) is 23.2. The Labute approximate surface area is 184 Å². The number of ether oxygens (including phenoxy) is 2. The number of aryl methyl sites for hydroxylation is 1. The molecule has 0 spiro atoms. The summed E-state index contributed by atoms with van der Waals surface area (Å²) >= 11 is 0. The van der Waals surface area contributed by atoms with E-state index in [1.165, 1.54) is 34.9 Å². The highest BCUT2D eigenvalue weighted by Gasteiger charge is 2.44. The minimum Gasteiger partial charge on any atom is -0.497 e. The van der Waals surface area contributed by atoms with Gasteiger partial charge in [-0.15, -0.1) is 0 Å². The zero-order valence-corrected chi connectivity index (χ0v) is 18.7. The fourth-order valence-electron chi connectivity index (χ4n) is 5.40. The Morgan fingerprint density at radius 3 is 2.55 bits per heavy atom. The number of likely N-dealkylation sites (tertiary alicyclic amines) is 2. The van der Waals surface area contributed by atoms with Crippen LogP contribution in [0.5, 0.6) is 5.75 Å². The van der Waals surface area contributed by atoms with Crippen LogP contribution in [0, 0.1) is 0 Å². The van der Waals surface area contributed by atoms with Crippen LogP contribution in [0.4, 0.5) is 0 Å². The number of aromatic nitrogens is 2. The molecule has 0 bridgehead atoms. The van der Waals surface area contributed by atoms with Crippen LogP contribution in [0.25, 0.3) is 10.9 Å². The molecule has 2 atom stereocenters. The predicted octanol–water partition coefficient (Wildman–Crippen LogP) is 3.62. The summed E-state index contributed by atoms with van der Waals surface area (Å²) in [7, 11) is 5.69. The van der Waals surface area contributed by atoms with E-state index < -0.39 is 0 Å². The molecule has 2 aliphatic heterocycles. The maximum Gasteiger partial charge on any atom is 0.119 e. The maximum atomic E-state index is 5.75. The first-order chi connectivity index (χ1) is 15.2. The van der Waals surface area contributed by atoms with Crippen LogP contribution >= 0.6 is 0 Å². The molecule has 6 nitrogen and oxygen atoms in total. The van der Waals surface area contributed by atoms with Crippen molar-refractivity contribution >= 4 is 10.9 Å². The number of rotatable bonds is 6. The highest BCUT2D eigenvalue weighted by molar-refractivity contribution is 5.85. The molecule has 0 unspecified atom stereocenters. The lowest BCUT2D eigenvalue weighted by Gasteiger charge is -2.53. The fourth-order valence-corrected chi connectivity index (χ4v) is 5.40. The molecule has 2 aromatic heterocycles. The smallest absolute Gasteiger partial charge is 0.119 e. The third-order valence-electron chi connectivity index (χ3n) is 7.15. The Bertz CT molecular complexity index is 1030. The van der Waals surface area contributed by atoms with Gasteiger partial charge in [0.2, 0.25) is 0 Å². The number of methoxy groups -OCH3 is 2. The topological polar surface area (TPSA) is 42.8 Å². The van der Waals surface area contributed by atoms with Gasteiger partial charge < -0.3 is 14.0 Å². The summed E-state index contributed by atoms with van der Waals surface area (Å²) in [4.78, 5) is 9.42. The van der Waals surface area contributed by atoms with Crippen molar-refractivity contribution in [1.29, 1.82) is 0 Å². The number of piperidine rings is 1. The monoisotopic (exact) mass is 420 g/mol. The van der Waals surface area contributed by atoms with Crippen molar-refractivity contribution < 1.29 is 9.47 Å². The first-order valence-electron chi connectivity index (χ1n) is 11.2. The fraction of sp³-hybridized carbons (Fsp3) is 0.480. The van der Waals surface area contributed by atoms with E-state index in [0.29, 0.717) is 12.1 Å². The van der Waals surface area contributed by atoms with E-state index in [2.05, 4.69) is 56.9 Å². The SMILES string of the molecule is COc1ccc2c(c1)c(CN1CCC(N3C[C@H](OC)[C@@H]3c3ccncc3)CC1)cn2C. The summed E-state index contributed by atoms with van der Waals surface area (Å²) < 4.78 is 13.4. The lowest BCUT2D eigenvalue weighted by atomic mass is 9.87. The molecule has 0 amide bonds. The Morgan fingerprint density at radius 2 is 1.84 bits per heavy atom. The van der Waals surface area contributed by atoms with Crippen LogP contribution < -0.4 is 4.74 Å². The number of nitrogens with zero attached hydrogens (tertiary/aromatic N) is 4. The molecule has 31 heavy (non-hydrogen) atoms. The predicted molar refractivity (Wildman–Crippen MR) is 122 cm³/mol. The zero-order chi connectivity index (χ0) is 21.4. The molecule has 2 saturated heterocycles. The Hall–Kier alpha value is -2.41. The number of hydrogen-bond acceptors (Lipinski definition) is 5. The van der Waals surface area contributed by atoms with Gasteiger partial charge in [-0.2, -0.15) is 0 Å². The minimum atomic E-state index is 0.283. The van der Waals surface area contributed by atoms with Crippen molar-refractivity contribution in [1.82, 2.24) is 19.4 Å². The van der Waals surface area contributed by atoms with E-state index in [4.69, 9.17) is 9.47 Å². The van der Waals surface area contributed by atoms with Crippen LogP contribution in [-0.2, 0) is 18.3 Å². The van der Waals surface area contributed by atoms with Crippen LogP contribution in [0.1, 0.15) is 30.0 Å². The molecule has 0 saturated carbocycles. The van der Waals surface area contributed by atoms with E-state index in [1.54, 1.807) is 7.11 Å². The summed E-state index contributed by atoms with van der Waals surface area (Å²) in [6, 6.07) is 11.6. The van der Waals surface area contributed by atoms with Crippen molar-refractivity contribution in [2.24, 2.45) is 7.05 Å². The van der Waals surface area contributed by atoms with Gasteiger partial charge in [0.1, 0.15) is 5.75 Å². The third-order valence-corrected chi connectivity index (χ3v) is 7.15. The molecule has 0 radical (unpaired) electrons. The van der Waals surface area contributed by atoms with E-state index in [1.807, 2.05) is 25.6 Å². The van der Waals surface area contributed by atoms with Crippen molar-refractivity contribution in [2.45, 2.75) is 37.6 Å². The van der Waals surface area contributed by atoms with Gasteiger partial charge in [0, 0.05) is 62.8 Å². The van der Waals surface area contributed by atoms with E-state index in [-0.39, 0.29) is 6.10 Å². The second kappa shape index (κ2) is 8.61. The zero-order valence-electron chi connectivity index (χ0n) is 18.7. The summed E-state index contributed by atoms with van der Waals surface area (Å²) in [5.41, 5.74) is 3.96. The van der Waals surface area contributed by atoms with Gasteiger partial charge in [0.05, 0.1) is 19.3 Å². The van der Waals surface area contributed by atoms with Gasteiger partial charge in [0.15, 0.2) is 0 Å². The molecule has 6 heteroatoms. The van der Waals surface area contributed by atoms with E-state index in [0.717, 1.165) is 31.9 Å². The summed E-state index contributed by atoms with van der Waals surface area (Å²) in [5.74, 6) is 0.922.